The molecule has 0 saturated carbocycles. The van der Waals surface area contributed by atoms with E-state index in [4.69, 9.17) is 10.5 Å². The van der Waals surface area contributed by atoms with Gasteiger partial charge in [0.05, 0.1) is 12.8 Å². The van der Waals surface area contributed by atoms with Crippen LogP contribution in [0.5, 0.6) is 5.75 Å². The minimum absolute atomic E-state index is 0.323. The van der Waals surface area contributed by atoms with Crippen LogP contribution in [-0.4, -0.2) is 30.2 Å². The predicted molar refractivity (Wildman–Crippen MR) is 89.9 cm³/mol. The molecule has 0 aliphatic carbocycles. The Kier molecular flexibility index (Phi) is 3.71. The first-order valence-electron chi connectivity index (χ1n) is 7.37. The molecule has 1 aliphatic rings. The van der Waals surface area contributed by atoms with Gasteiger partial charge in [0.1, 0.15) is 11.6 Å². The fourth-order valence-corrected chi connectivity index (χ4v) is 2.83. The van der Waals surface area contributed by atoms with Crippen LogP contribution in [-0.2, 0) is 0 Å². The van der Waals surface area contributed by atoms with Crippen molar-refractivity contribution in [1.29, 1.82) is 0 Å². The number of fused-ring (bicyclic) bond motifs is 1. The van der Waals surface area contributed by atoms with E-state index in [1.165, 1.54) is 5.57 Å². The van der Waals surface area contributed by atoms with Gasteiger partial charge in [-0.2, -0.15) is 4.98 Å². The Hall–Kier alpha value is -2.56. The molecule has 3 rings (SSSR count). The van der Waals surface area contributed by atoms with Gasteiger partial charge in [-0.15, -0.1) is 0 Å². The topological polar surface area (TPSA) is 64.3 Å². The number of para-hydroxylation sites is 1. The lowest BCUT2D eigenvalue weighted by Crippen LogP contribution is -2.30. The molecule has 0 unspecified atom stereocenters. The molecule has 0 bridgehead atoms. The molecule has 22 heavy (non-hydrogen) atoms. The van der Waals surface area contributed by atoms with Crippen LogP contribution in [0.4, 0.5) is 11.8 Å². The van der Waals surface area contributed by atoms with Gasteiger partial charge in [-0.1, -0.05) is 18.2 Å². The minimum atomic E-state index is 0.323. The van der Waals surface area contributed by atoms with E-state index in [0.29, 0.717) is 5.95 Å². The molecule has 1 aromatic carbocycles. The SMILES string of the molecule is CCN1CC(c2ccccc2OC)=Cc2c(C)nc(N)nc21. The lowest BCUT2D eigenvalue weighted by molar-refractivity contribution is 0.413. The maximum atomic E-state index is 5.80. The lowest BCUT2D eigenvalue weighted by Gasteiger charge is -2.30. The zero-order chi connectivity index (χ0) is 15.7. The molecular formula is C17H20N4O. The molecule has 5 heteroatoms. The minimum Gasteiger partial charge on any atom is -0.496 e. The molecule has 2 heterocycles. The highest BCUT2D eigenvalue weighted by molar-refractivity contribution is 5.92. The maximum Gasteiger partial charge on any atom is 0.222 e. The number of hydrogen-bond donors (Lipinski definition) is 1. The predicted octanol–water partition coefficient (Wildman–Crippen LogP) is 2.76. The van der Waals surface area contributed by atoms with Crippen molar-refractivity contribution in [3.8, 4) is 5.75 Å². The van der Waals surface area contributed by atoms with E-state index in [1.54, 1.807) is 7.11 Å². The monoisotopic (exact) mass is 296 g/mol. The third kappa shape index (κ3) is 2.39. The van der Waals surface area contributed by atoms with E-state index in [9.17, 15) is 0 Å². The largest absolute Gasteiger partial charge is 0.496 e. The third-order valence-electron chi connectivity index (χ3n) is 3.95. The summed E-state index contributed by atoms with van der Waals surface area (Å²) in [5.41, 5.74) is 10.0. The maximum absolute atomic E-state index is 5.80. The number of nitrogens with two attached hydrogens (primary N) is 1. The van der Waals surface area contributed by atoms with Crippen LogP contribution in [0.15, 0.2) is 24.3 Å². The van der Waals surface area contributed by atoms with Crippen LogP contribution in [0.25, 0.3) is 11.6 Å². The summed E-state index contributed by atoms with van der Waals surface area (Å²) in [6.45, 7) is 5.71. The molecule has 1 aliphatic heterocycles. The number of benzene rings is 1. The molecule has 0 fully saturated rings. The van der Waals surface area contributed by atoms with Gasteiger partial charge in [0, 0.05) is 24.2 Å². The van der Waals surface area contributed by atoms with Crippen LogP contribution < -0.4 is 15.4 Å². The Morgan fingerprint density at radius 1 is 1.27 bits per heavy atom. The second-order valence-corrected chi connectivity index (χ2v) is 5.29. The van der Waals surface area contributed by atoms with Crippen molar-refractivity contribution in [1.82, 2.24) is 9.97 Å². The molecule has 5 nitrogen and oxygen atoms in total. The number of ether oxygens (including phenoxy) is 1. The quantitative estimate of drug-likeness (QED) is 0.943. The number of methoxy groups -OCH3 is 1. The smallest absolute Gasteiger partial charge is 0.222 e. The summed E-state index contributed by atoms with van der Waals surface area (Å²) >= 11 is 0. The van der Waals surface area contributed by atoms with Crippen LogP contribution in [0.1, 0.15) is 23.7 Å². The zero-order valence-corrected chi connectivity index (χ0v) is 13.1. The number of nitrogen functional groups attached to an aromatic ring is 1. The number of aryl methyl sites for hydroxylation is 1. The molecule has 2 aromatic rings. The Balaban J connectivity index is 2.16. The van der Waals surface area contributed by atoms with E-state index < -0.39 is 0 Å². The van der Waals surface area contributed by atoms with Gasteiger partial charge >= 0.3 is 0 Å². The van der Waals surface area contributed by atoms with Crippen LogP contribution in [0.3, 0.4) is 0 Å². The number of aromatic nitrogens is 2. The highest BCUT2D eigenvalue weighted by atomic mass is 16.5. The fraction of sp³-hybridized carbons (Fsp3) is 0.294. The molecule has 1 aromatic heterocycles. The van der Waals surface area contributed by atoms with E-state index >= 15 is 0 Å². The Morgan fingerprint density at radius 2 is 2.05 bits per heavy atom. The molecule has 0 saturated heterocycles. The Bertz CT molecular complexity index is 739. The molecule has 0 atom stereocenters. The third-order valence-corrected chi connectivity index (χ3v) is 3.95. The van der Waals surface area contributed by atoms with Gasteiger partial charge in [-0.05, 0) is 31.6 Å². The first kappa shape index (κ1) is 14.4. The van der Waals surface area contributed by atoms with Gasteiger partial charge in [-0.25, -0.2) is 4.98 Å². The summed E-state index contributed by atoms with van der Waals surface area (Å²) in [5.74, 6) is 2.11. The van der Waals surface area contributed by atoms with Gasteiger partial charge < -0.3 is 15.4 Å². The van der Waals surface area contributed by atoms with Gasteiger partial charge in [-0.3, -0.25) is 0 Å². The van der Waals surface area contributed by atoms with E-state index in [0.717, 1.165) is 41.5 Å². The van der Waals surface area contributed by atoms with Crippen LogP contribution in [0.2, 0.25) is 0 Å². The molecule has 0 spiro atoms. The number of rotatable bonds is 3. The standard InChI is InChI=1S/C17H20N4O/c1-4-21-10-12(13-7-5-6-8-15(13)22-3)9-14-11(2)19-17(18)20-16(14)21/h5-9H,4,10H2,1-3H3,(H2,18,19,20). The summed E-state index contributed by atoms with van der Waals surface area (Å²) in [6.07, 6.45) is 2.15. The van der Waals surface area contributed by atoms with Gasteiger partial charge in [0.15, 0.2) is 0 Å². The Labute approximate surface area is 130 Å². The fourth-order valence-electron chi connectivity index (χ4n) is 2.83. The van der Waals surface area contributed by atoms with Gasteiger partial charge in [0.25, 0.3) is 0 Å². The first-order chi connectivity index (χ1) is 10.6. The summed E-state index contributed by atoms with van der Waals surface area (Å²) in [6, 6.07) is 8.06. The van der Waals surface area contributed by atoms with Crippen molar-refractivity contribution in [2.45, 2.75) is 13.8 Å². The van der Waals surface area contributed by atoms with Crippen LogP contribution in [0, 0.1) is 6.92 Å². The Morgan fingerprint density at radius 3 is 2.77 bits per heavy atom. The summed E-state index contributed by atoms with van der Waals surface area (Å²) in [7, 11) is 1.70. The molecule has 0 amide bonds. The second-order valence-electron chi connectivity index (χ2n) is 5.29. The zero-order valence-electron chi connectivity index (χ0n) is 13.1. The van der Waals surface area contributed by atoms with Crippen LogP contribution >= 0.6 is 0 Å². The van der Waals surface area contributed by atoms with Crippen molar-refractivity contribution in [2.75, 3.05) is 30.8 Å². The first-order valence-corrected chi connectivity index (χ1v) is 7.37. The summed E-state index contributed by atoms with van der Waals surface area (Å²) < 4.78 is 5.49. The highest BCUT2D eigenvalue weighted by Crippen LogP contribution is 2.35. The van der Waals surface area contributed by atoms with E-state index in [2.05, 4.69) is 33.9 Å². The van der Waals surface area contributed by atoms with Crippen molar-refractivity contribution in [2.24, 2.45) is 0 Å². The average Bonchev–Trinajstić information content (AvgIpc) is 2.54. The molecule has 2 N–H and O–H groups in total. The van der Waals surface area contributed by atoms with E-state index in [-0.39, 0.29) is 0 Å². The molecular weight excluding hydrogens is 276 g/mol. The number of likely N-dealkylation sites (N-methyl/N-ethyl adjacent to an activating group) is 1. The normalized spacial score (nSPS) is 13.6. The average molecular weight is 296 g/mol. The number of anilines is 2. The number of hydrogen-bond acceptors (Lipinski definition) is 5. The van der Waals surface area contributed by atoms with Crippen molar-refractivity contribution in [3.63, 3.8) is 0 Å². The highest BCUT2D eigenvalue weighted by Gasteiger charge is 2.23. The van der Waals surface area contributed by atoms with Gasteiger partial charge in [0.2, 0.25) is 5.95 Å². The molecule has 0 radical (unpaired) electrons. The summed E-state index contributed by atoms with van der Waals surface area (Å²) in [4.78, 5) is 10.9. The lowest BCUT2D eigenvalue weighted by atomic mass is 9.97. The van der Waals surface area contributed by atoms with Crippen molar-refractivity contribution < 1.29 is 4.74 Å². The van der Waals surface area contributed by atoms with E-state index in [1.807, 2.05) is 25.1 Å². The second kappa shape index (κ2) is 5.67. The van der Waals surface area contributed by atoms with Crippen molar-refractivity contribution in [3.05, 3.63) is 41.1 Å². The molecule has 114 valence electrons. The summed E-state index contributed by atoms with van der Waals surface area (Å²) in [5, 5.41) is 0. The number of nitrogens with zero attached hydrogens (tertiary/aromatic N) is 3. The van der Waals surface area contributed by atoms with Crippen molar-refractivity contribution >= 4 is 23.4 Å².